The van der Waals surface area contributed by atoms with Gasteiger partial charge in [-0.1, -0.05) is 48.0 Å². The van der Waals surface area contributed by atoms with Crippen LogP contribution in [0.2, 0.25) is 0 Å². The van der Waals surface area contributed by atoms with Crippen molar-refractivity contribution in [2.24, 2.45) is 4.99 Å². The Morgan fingerprint density at radius 3 is 2.50 bits per heavy atom. The lowest BCUT2D eigenvalue weighted by molar-refractivity contribution is -0.115. The summed E-state index contributed by atoms with van der Waals surface area (Å²) in [5, 5.41) is 8.17. The van der Waals surface area contributed by atoms with Crippen LogP contribution in [-0.4, -0.2) is 35.1 Å². The van der Waals surface area contributed by atoms with Crippen molar-refractivity contribution < 1.29 is 14.3 Å². The number of aliphatic imine (C=N–C) groups is 1. The van der Waals surface area contributed by atoms with Crippen LogP contribution >= 0.6 is 11.8 Å². The fourth-order valence-electron chi connectivity index (χ4n) is 3.75. The van der Waals surface area contributed by atoms with E-state index < -0.39 is 0 Å². The van der Waals surface area contributed by atoms with Crippen molar-refractivity contribution in [1.82, 2.24) is 15.1 Å². The second-order valence-corrected chi connectivity index (χ2v) is 9.13. The van der Waals surface area contributed by atoms with Gasteiger partial charge in [0.1, 0.15) is 17.2 Å². The standard InChI is InChI=1S/C28H24N4O3S/c1-18-9-11-19(12-10-18)26-20(17-32(31-26)21-7-5-4-6-8-21)15-25-27(33)30-28(36-25)29-23-14-13-22(34-2)16-24(23)35-3/h4-17H,1-3H3,(H,29,30,33)/b25-15-. The highest BCUT2D eigenvalue weighted by molar-refractivity contribution is 8.18. The Morgan fingerprint density at radius 2 is 1.78 bits per heavy atom. The maximum absolute atomic E-state index is 12.8. The average molecular weight is 497 g/mol. The van der Waals surface area contributed by atoms with Crippen LogP contribution in [0.25, 0.3) is 23.0 Å². The third kappa shape index (κ3) is 4.89. The maximum atomic E-state index is 12.8. The molecule has 0 radical (unpaired) electrons. The number of thioether (sulfide) groups is 1. The van der Waals surface area contributed by atoms with Gasteiger partial charge in [-0.15, -0.1) is 0 Å². The van der Waals surface area contributed by atoms with Gasteiger partial charge >= 0.3 is 0 Å². The molecule has 3 aromatic carbocycles. The number of hydrogen-bond donors (Lipinski definition) is 1. The van der Waals surface area contributed by atoms with Gasteiger partial charge in [-0.25, -0.2) is 9.67 Å². The quantitative estimate of drug-likeness (QED) is 0.344. The van der Waals surface area contributed by atoms with Crippen molar-refractivity contribution in [3.05, 3.63) is 95.0 Å². The summed E-state index contributed by atoms with van der Waals surface area (Å²) in [6, 6.07) is 23.4. The number of carbonyl (C=O) groups is 1. The molecule has 2 heterocycles. The van der Waals surface area contributed by atoms with Crippen molar-refractivity contribution in [2.45, 2.75) is 6.92 Å². The highest BCUT2D eigenvalue weighted by Gasteiger charge is 2.25. The lowest BCUT2D eigenvalue weighted by Crippen LogP contribution is -2.19. The van der Waals surface area contributed by atoms with Crippen LogP contribution in [0.1, 0.15) is 11.1 Å². The van der Waals surface area contributed by atoms with E-state index in [1.54, 1.807) is 32.4 Å². The van der Waals surface area contributed by atoms with E-state index in [4.69, 9.17) is 14.6 Å². The van der Waals surface area contributed by atoms with Crippen molar-refractivity contribution in [2.75, 3.05) is 14.2 Å². The van der Waals surface area contributed by atoms with E-state index in [1.807, 2.05) is 66.3 Å². The fourth-order valence-corrected chi connectivity index (χ4v) is 4.58. The van der Waals surface area contributed by atoms with Gasteiger partial charge in [-0.3, -0.25) is 4.79 Å². The van der Waals surface area contributed by atoms with E-state index in [-0.39, 0.29) is 5.91 Å². The van der Waals surface area contributed by atoms with Crippen LogP contribution in [0.5, 0.6) is 11.5 Å². The number of carbonyl (C=O) groups excluding carboxylic acids is 1. The summed E-state index contributed by atoms with van der Waals surface area (Å²) in [5.41, 5.74) is 5.31. The van der Waals surface area contributed by atoms with E-state index in [1.165, 1.54) is 17.3 Å². The molecule has 0 unspecified atom stereocenters. The first-order chi connectivity index (χ1) is 17.5. The number of benzene rings is 3. The highest BCUT2D eigenvalue weighted by Crippen LogP contribution is 2.35. The number of para-hydroxylation sites is 1. The van der Waals surface area contributed by atoms with Crippen molar-refractivity contribution >= 4 is 34.6 Å². The Balaban J connectivity index is 1.51. The number of hydrogen-bond acceptors (Lipinski definition) is 6. The molecule has 0 atom stereocenters. The number of rotatable bonds is 6. The van der Waals surface area contributed by atoms with E-state index in [0.717, 1.165) is 22.5 Å². The molecule has 0 spiro atoms. The van der Waals surface area contributed by atoms with E-state index in [0.29, 0.717) is 27.3 Å². The zero-order valence-corrected chi connectivity index (χ0v) is 20.9. The monoisotopic (exact) mass is 496 g/mol. The third-order valence-electron chi connectivity index (χ3n) is 5.63. The number of amidine groups is 1. The molecule has 8 heteroatoms. The number of ether oxygens (including phenoxy) is 2. The number of amides is 1. The summed E-state index contributed by atoms with van der Waals surface area (Å²) >= 11 is 1.28. The Morgan fingerprint density at radius 1 is 1.00 bits per heavy atom. The molecule has 36 heavy (non-hydrogen) atoms. The van der Waals surface area contributed by atoms with Gasteiger partial charge in [0.25, 0.3) is 5.91 Å². The molecule has 0 aliphatic carbocycles. The summed E-state index contributed by atoms with van der Waals surface area (Å²) in [4.78, 5) is 18.0. The van der Waals surface area contributed by atoms with Gasteiger partial charge < -0.3 is 14.8 Å². The minimum atomic E-state index is -0.214. The molecule has 1 aliphatic rings. The predicted molar refractivity (Wildman–Crippen MR) is 144 cm³/mol. The van der Waals surface area contributed by atoms with Gasteiger partial charge in [0.2, 0.25) is 0 Å². The molecular weight excluding hydrogens is 472 g/mol. The minimum Gasteiger partial charge on any atom is -0.497 e. The van der Waals surface area contributed by atoms with Crippen molar-refractivity contribution in [3.8, 4) is 28.4 Å². The van der Waals surface area contributed by atoms with E-state index in [2.05, 4.69) is 22.4 Å². The number of nitrogens with zero attached hydrogens (tertiary/aromatic N) is 3. The molecule has 1 aromatic heterocycles. The van der Waals surface area contributed by atoms with Gasteiger partial charge in [0.05, 0.1) is 30.5 Å². The summed E-state index contributed by atoms with van der Waals surface area (Å²) in [7, 11) is 3.16. The molecule has 1 aliphatic heterocycles. The molecular formula is C28H24N4O3S. The highest BCUT2D eigenvalue weighted by atomic mass is 32.2. The molecule has 1 N–H and O–H groups in total. The van der Waals surface area contributed by atoms with Gasteiger partial charge in [-0.05, 0) is 49.0 Å². The minimum absolute atomic E-state index is 0.214. The molecule has 5 rings (SSSR count). The second kappa shape index (κ2) is 10.1. The van der Waals surface area contributed by atoms with E-state index in [9.17, 15) is 4.79 Å². The van der Waals surface area contributed by atoms with Crippen LogP contribution in [0.3, 0.4) is 0 Å². The number of nitrogens with one attached hydrogen (secondary N) is 1. The summed E-state index contributed by atoms with van der Waals surface area (Å²) in [6.07, 6.45) is 3.79. The molecule has 0 saturated carbocycles. The predicted octanol–water partition coefficient (Wildman–Crippen LogP) is 5.76. The fraction of sp³-hybridized carbons (Fsp3) is 0.107. The third-order valence-corrected chi connectivity index (χ3v) is 6.54. The SMILES string of the molecule is COc1ccc(N=C2NC(=O)/C(=C/c3cn(-c4ccccc4)nc3-c3ccc(C)cc3)S2)c(OC)c1. The van der Waals surface area contributed by atoms with Gasteiger partial charge in [0, 0.05) is 23.4 Å². The van der Waals surface area contributed by atoms with Crippen LogP contribution in [-0.2, 0) is 4.79 Å². The Hall–Kier alpha value is -4.30. The largest absolute Gasteiger partial charge is 0.497 e. The number of methoxy groups -OCH3 is 2. The van der Waals surface area contributed by atoms with Crippen molar-refractivity contribution in [1.29, 1.82) is 0 Å². The summed E-state index contributed by atoms with van der Waals surface area (Å²) in [6.45, 7) is 2.05. The van der Waals surface area contributed by atoms with Crippen LogP contribution in [0.4, 0.5) is 5.69 Å². The summed E-state index contributed by atoms with van der Waals surface area (Å²) in [5.74, 6) is 1.01. The Kier molecular flexibility index (Phi) is 6.60. The number of aromatic nitrogens is 2. The van der Waals surface area contributed by atoms with Crippen molar-refractivity contribution in [3.63, 3.8) is 0 Å². The zero-order chi connectivity index (χ0) is 25.1. The topological polar surface area (TPSA) is 77.7 Å². The molecule has 1 saturated heterocycles. The second-order valence-electron chi connectivity index (χ2n) is 8.10. The molecule has 1 amide bonds. The zero-order valence-electron chi connectivity index (χ0n) is 20.1. The number of aryl methyl sites for hydroxylation is 1. The molecule has 0 bridgehead atoms. The molecule has 180 valence electrons. The van der Waals surface area contributed by atoms with Gasteiger partial charge in [-0.2, -0.15) is 5.10 Å². The lowest BCUT2D eigenvalue weighted by atomic mass is 10.1. The lowest BCUT2D eigenvalue weighted by Gasteiger charge is -2.07. The first-order valence-electron chi connectivity index (χ1n) is 11.3. The summed E-state index contributed by atoms with van der Waals surface area (Å²) < 4.78 is 12.5. The smallest absolute Gasteiger partial charge is 0.264 e. The average Bonchev–Trinajstić information content (AvgIpc) is 3.48. The first-order valence-corrected chi connectivity index (χ1v) is 12.1. The van der Waals surface area contributed by atoms with Crippen LogP contribution < -0.4 is 14.8 Å². The molecule has 1 fully saturated rings. The Bertz CT molecular complexity index is 1470. The Labute approximate surface area is 213 Å². The maximum Gasteiger partial charge on any atom is 0.264 e. The molecule has 4 aromatic rings. The molecule has 7 nitrogen and oxygen atoms in total. The first kappa shape index (κ1) is 23.4. The normalized spacial score (nSPS) is 15.4. The van der Waals surface area contributed by atoms with Crippen LogP contribution in [0.15, 0.2) is 88.9 Å². The van der Waals surface area contributed by atoms with Crippen LogP contribution in [0, 0.1) is 6.92 Å². The van der Waals surface area contributed by atoms with E-state index >= 15 is 0 Å². The van der Waals surface area contributed by atoms with Gasteiger partial charge in [0.15, 0.2) is 5.17 Å².